The Labute approximate surface area is 330 Å². The molecule has 2 aliphatic heterocycles. The fourth-order valence-electron chi connectivity index (χ4n) is 5.37. The van der Waals surface area contributed by atoms with Crippen LogP contribution in [-0.4, -0.2) is 70.2 Å². The van der Waals surface area contributed by atoms with Crippen LogP contribution in [0.5, 0.6) is 0 Å². The second-order valence-corrected chi connectivity index (χ2v) is 14.4. The predicted molar refractivity (Wildman–Crippen MR) is 198 cm³/mol. The van der Waals surface area contributed by atoms with Gasteiger partial charge < -0.3 is 9.47 Å². The fourth-order valence-corrected chi connectivity index (χ4v) is 7.45. The normalized spacial score (nSPS) is 14.8. The van der Waals surface area contributed by atoms with Crippen molar-refractivity contribution >= 4 is 90.3 Å². The Hall–Kier alpha value is -5.04. The number of halogens is 8. The van der Waals surface area contributed by atoms with Crippen LogP contribution in [0.15, 0.2) is 94.9 Å². The molecule has 2 aliphatic rings. The Morgan fingerprint density at radius 3 is 1.18 bits per heavy atom. The molecule has 0 atom stereocenters. The van der Waals surface area contributed by atoms with Gasteiger partial charge in [-0.15, -0.1) is 0 Å². The minimum absolute atomic E-state index is 0.173. The zero-order chi connectivity index (χ0) is 40.4. The van der Waals surface area contributed by atoms with Crippen LogP contribution in [-0.2, 0) is 21.8 Å². The Morgan fingerprint density at radius 1 is 0.554 bits per heavy atom. The lowest BCUT2D eigenvalue weighted by Gasteiger charge is -2.16. The number of aliphatic imine (C=N–C) groups is 2. The molecular weight excluding hydrogens is 833 g/mol. The van der Waals surface area contributed by atoms with E-state index in [1.54, 1.807) is 24.3 Å². The third-order valence-electron chi connectivity index (χ3n) is 7.97. The molecule has 6 rings (SSSR count). The highest BCUT2D eigenvalue weighted by atomic mass is 35.5. The summed E-state index contributed by atoms with van der Waals surface area (Å²) in [6.07, 6.45) is -9.70. The molecule has 56 heavy (non-hydrogen) atoms. The molecule has 0 aliphatic carbocycles. The second-order valence-electron chi connectivity index (χ2n) is 11.6. The van der Waals surface area contributed by atoms with Crippen molar-refractivity contribution < 1.29 is 55.0 Å². The Bertz CT molecular complexity index is 2080. The van der Waals surface area contributed by atoms with Crippen LogP contribution in [0.25, 0.3) is 0 Å². The summed E-state index contributed by atoms with van der Waals surface area (Å²) in [4.78, 5) is 61.6. The van der Waals surface area contributed by atoms with Crippen LogP contribution in [0, 0.1) is 0 Å². The highest BCUT2D eigenvalue weighted by molar-refractivity contribution is 8.87. The van der Waals surface area contributed by atoms with Crippen molar-refractivity contribution in [2.75, 3.05) is 26.3 Å². The summed E-state index contributed by atoms with van der Waals surface area (Å²) in [5, 5.41) is -1.92. The van der Waals surface area contributed by atoms with Gasteiger partial charge in [0.25, 0.3) is 34.1 Å². The molecule has 0 fully saturated rings. The van der Waals surface area contributed by atoms with Gasteiger partial charge in [-0.2, -0.15) is 26.3 Å². The van der Waals surface area contributed by atoms with Gasteiger partial charge in [0.2, 0.25) is 0 Å². The maximum absolute atomic E-state index is 13.7. The fraction of sp³-hybridized carbons (Fsp3) is 0.167. The monoisotopic (exact) mass is 854 g/mol. The maximum Gasteiger partial charge on any atom is 0.417 e. The van der Waals surface area contributed by atoms with Crippen LogP contribution >= 0.6 is 44.8 Å². The number of carbonyl (C=O) groups excluding carboxylic acids is 4. The van der Waals surface area contributed by atoms with Gasteiger partial charge in [0.15, 0.2) is 0 Å². The number of hydrogen-bond donors (Lipinski definition) is 0. The van der Waals surface area contributed by atoms with Gasteiger partial charge in [-0.1, -0.05) is 47.5 Å². The lowest BCUT2D eigenvalue weighted by molar-refractivity contribution is -0.138. The summed E-state index contributed by atoms with van der Waals surface area (Å²) in [5.74, 6) is -2.37. The van der Waals surface area contributed by atoms with Crippen LogP contribution in [0.2, 0.25) is 10.0 Å². The summed E-state index contributed by atoms with van der Waals surface area (Å²) in [6.45, 7) is -1.38. The van der Waals surface area contributed by atoms with E-state index in [2.05, 4.69) is 9.98 Å². The van der Waals surface area contributed by atoms with E-state index in [-0.39, 0.29) is 57.2 Å². The molecule has 0 radical (unpaired) electrons. The quantitative estimate of drug-likeness (QED) is 0.0566. The molecule has 20 heteroatoms. The van der Waals surface area contributed by atoms with Crippen molar-refractivity contribution in [3.8, 4) is 0 Å². The average Bonchev–Trinajstić information content (AvgIpc) is 3.54. The number of alkyl halides is 6. The summed E-state index contributed by atoms with van der Waals surface area (Å²) in [7, 11) is 1.22. The average molecular weight is 856 g/mol. The third kappa shape index (κ3) is 8.98. The number of amides is 4. The summed E-state index contributed by atoms with van der Waals surface area (Å²) >= 11 is 11.5. The van der Waals surface area contributed by atoms with Gasteiger partial charge in [-0.25, -0.2) is 9.98 Å². The number of carbonyl (C=O) groups is 4. The molecule has 10 nitrogen and oxygen atoms in total. The number of benzene rings is 4. The van der Waals surface area contributed by atoms with Crippen LogP contribution in [0.4, 0.5) is 37.7 Å². The molecule has 0 N–H and O–H groups in total. The van der Waals surface area contributed by atoms with E-state index in [0.29, 0.717) is 33.7 Å². The first kappa shape index (κ1) is 40.6. The molecule has 0 unspecified atom stereocenters. The highest BCUT2D eigenvalue weighted by Gasteiger charge is 2.37. The molecular formula is C36H22Cl2F6N4O6S2. The maximum atomic E-state index is 13.7. The number of imide groups is 2. The molecule has 4 aromatic rings. The first-order valence-corrected chi connectivity index (χ1v) is 18.8. The molecule has 290 valence electrons. The van der Waals surface area contributed by atoms with Crippen molar-refractivity contribution in [3.05, 3.63) is 128 Å². The first-order chi connectivity index (χ1) is 26.5. The topological polar surface area (TPSA) is 118 Å². The molecule has 0 saturated carbocycles. The number of hydrogen-bond acceptors (Lipinski definition) is 10. The lowest BCUT2D eigenvalue weighted by atomic mass is 10.1. The minimum Gasteiger partial charge on any atom is -0.470 e. The van der Waals surface area contributed by atoms with Gasteiger partial charge in [-0.05, 0) is 60.7 Å². The Kier molecular flexibility index (Phi) is 12.0. The van der Waals surface area contributed by atoms with Gasteiger partial charge in [0.1, 0.15) is 13.2 Å². The summed E-state index contributed by atoms with van der Waals surface area (Å²) in [5.41, 5.74) is -2.26. The number of ether oxygens (including phenoxy) is 2. The number of rotatable bonds is 8. The Balaban J connectivity index is 1.26. The van der Waals surface area contributed by atoms with Gasteiger partial charge in [-0.3, -0.25) is 29.0 Å². The van der Waals surface area contributed by atoms with E-state index < -0.39 is 70.4 Å². The molecule has 2 heterocycles. The summed E-state index contributed by atoms with van der Waals surface area (Å²) < 4.78 is 93.5. The largest absolute Gasteiger partial charge is 0.470 e. The van der Waals surface area contributed by atoms with Crippen molar-refractivity contribution in [2.45, 2.75) is 12.4 Å². The van der Waals surface area contributed by atoms with Crippen molar-refractivity contribution in [3.63, 3.8) is 0 Å². The van der Waals surface area contributed by atoms with Crippen molar-refractivity contribution in [1.29, 1.82) is 0 Å². The standard InChI is InChI=1S/C36H22Cl2F6N4O6S2/c37-27-11-9-19(17-25(27)35(39,40)41)45-33(53-15-13-47-29(49)21-5-1-2-6-22(21)30(47)50)55-56-34(46-20-10-12-28(38)26(18-20)36(42,43)44)54-16-14-48-31(51)23-7-3-4-8-24(23)32(48)52/h1-12,17-18H,13-16H2. The van der Waals surface area contributed by atoms with E-state index in [4.69, 9.17) is 32.7 Å². The molecule has 4 aromatic carbocycles. The molecule has 0 aromatic heterocycles. The Morgan fingerprint density at radius 2 is 0.875 bits per heavy atom. The first-order valence-electron chi connectivity index (χ1n) is 15.9. The molecule has 0 bridgehead atoms. The van der Waals surface area contributed by atoms with Crippen LogP contribution in [0.1, 0.15) is 52.6 Å². The minimum atomic E-state index is -4.85. The van der Waals surface area contributed by atoms with Gasteiger partial charge in [0.05, 0.1) is 67.9 Å². The second kappa shape index (κ2) is 16.6. The van der Waals surface area contributed by atoms with E-state index in [9.17, 15) is 45.5 Å². The molecule has 4 amide bonds. The van der Waals surface area contributed by atoms with Gasteiger partial charge in [0, 0.05) is 21.6 Å². The van der Waals surface area contributed by atoms with E-state index in [0.717, 1.165) is 34.1 Å². The highest BCUT2D eigenvalue weighted by Crippen LogP contribution is 2.39. The SMILES string of the molecule is O=C1c2ccccc2C(=O)N1CCOC(=Nc1ccc(Cl)c(C(F)(F)F)c1)SSC(=Nc1ccc(Cl)c(C(F)(F)F)c1)OCCN1C(=O)c2ccccc2C1=O. The van der Waals surface area contributed by atoms with Crippen LogP contribution < -0.4 is 0 Å². The van der Waals surface area contributed by atoms with E-state index in [1.807, 2.05) is 0 Å². The predicted octanol–water partition coefficient (Wildman–Crippen LogP) is 9.71. The van der Waals surface area contributed by atoms with Crippen LogP contribution in [0.3, 0.4) is 0 Å². The van der Waals surface area contributed by atoms with E-state index in [1.165, 1.54) is 24.3 Å². The van der Waals surface area contributed by atoms with Gasteiger partial charge >= 0.3 is 12.4 Å². The number of nitrogens with zero attached hydrogens (tertiary/aromatic N) is 4. The molecule has 0 saturated heterocycles. The van der Waals surface area contributed by atoms with E-state index >= 15 is 0 Å². The zero-order valence-electron chi connectivity index (χ0n) is 28.0. The lowest BCUT2D eigenvalue weighted by Crippen LogP contribution is -2.33. The smallest absolute Gasteiger partial charge is 0.417 e. The van der Waals surface area contributed by atoms with Crippen molar-refractivity contribution in [2.24, 2.45) is 9.98 Å². The zero-order valence-corrected chi connectivity index (χ0v) is 31.1. The number of fused-ring (bicyclic) bond motifs is 2. The molecule has 0 spiro atoms. The summed E-state index contributed by atoms with van der Waals surface area (Å²) in [6, 6.07) is 17.8. The third-order valence-corrected chi connectivity index (χ3v) is 10.5. The van der Waals surface area contributed by atoms with Crippen molar-refractivity contribution in [1.82, 2.24) is 9.80 Å².